The fourth-order valence-electron chi connectivity index (χ4n) is 1.24. The number of hydrogen-bond donors (Lipinski definition) is 2. The highest BCUT2D eigenvalue weighted by Gasteiger charge is 2.07. The van der Waals surface area contributed by atoms with Gasteiger partial charge in [0.05, 0.1) is 19.2 Å². The number of nitrogens with one attached hydrogen (secondary N) is 1. The number of methoxy groups -OCH3 is 1. The van der Waals surface area contributed by atoms with Crippen LogP contribution in [0.4, 0.5) is 5.69 Å². The zero-order valence-electron chi connectivity index (χ0n) is 8.33. The number of aryl methyl sites for hydroxylation is 1. The molecule has 0 radical (unpaired) electrons. The summed E-state index contributed by atoms with van der Waals surface area (Å²) in [5.74, 6) is 5.04. The molecule has 0 saturated carbocycles. The zero-order chi connectivity index (χ0) is 10.6. The first-order chi connectivity index (χ1) is 6.67. The lowest BCUT2D eigenvalue weighted by Crippen LogP contribution is -2.12. The molecular formula is C10H14N2O2. The Balaban J connectivity index is 2.93. The summed E-state index contributed by atoms with van der Waals surface area (Å²) in [6.45, 7) is 1.96. The summed E-state index contributed by atoms with van der Waals surface area (Å²) in [7, 11) is 1.37. The smallest absolute Gasteiger partial charge is 0.310 e. The fraction of sp³-hybridized carbons (Fsp3) is 0.300. The highest BCUT2D eigenvalue weighted by Crippen LogP contribution is 2.17. The van der Waals surface area contributed by atoms with Crippen LogP contribution in [-0.4, -0.2) is 13.1 Å². The van der Waals surface area contributed by atoms with Crippen molar-refractivity contribution < 1.29 is 9.53 Å². The van der Waals surface area contributed by atoms with E-state index in [0.717, 1.165) is 16.8 Å². The van der Waals surface area contributed by atoms with Crippen molar-refractivity contribution in [2.24, 2.45) is 5.84 Å². The molecule has 0 aliphatic rings. The number of carbonyl (C=O) groups excluding carboxylic acids is 1. The summed E-state index contributed by atoms with van der Waals surface area (Å²) in [5, 5.41) is 0. The van der Waals surface area contributed by atoms with Gasteiger partial charge in [0.2, 0.25) is 0 Å². The molecule has 0 aliphatic carbocycles. The molecule has 0 aliphatic heterocycles. The minimum atomic E-state index is -0.271. The molecule has 1 aromatic rings. The van der Waals surface area contributed by atoms with Crippen LogP contribution in [0.25, 0.3) is 0 Å². The number of nitrogen functional groups attached to an aromatic ring is 1. The largest absolute Gasteiger partial charge is 0.469 e. The first-order valence-electron chi connectivity index (χ1n) is 4.30. The Kier molecular flexibility index (Phi) is 3.48. The van der Waals surface area contributed by atoms with Gasteiger partial charge in [-0.1, -0.05) is 17.7 Å². The zero-order valence-corrected chi connectivity index (χ0v) is 8.33. The van der Waals surface area contributed by atoms with Gasteiger partial charge in [-0.05, 0) is 18.6 Å². The Morgan fingerprint density at radius 1 is 1.57 bits per heavy atom. The van der Waals surface area contributed by atoms with Crippen molar-refractivity contribution in [2.45, 2.75) is 13.3 Å². The second-order valence-corrected chi connectivity index (χ2v) is 3.06. The number of rotatable bonds is 3. The molecular weight excluding hydrogens is 180 g/mol. The van der Waals surface area contributed by atoms with Gasteiger partial charge >= 0.3 is 5.97 Å². The Hall–Kier alpha value is -1.55. The van der Waals surface area contributed by atoms with Gasteiger partial charge in [0.15, 0.2) is 0 Å². The van der Waals surface area contributed by atoms with Crippen LogP contribution in [0.3, 0.4) is 0 Å². The number of ether oxygens (including phenoxy) is 1. The second kappa shape index (κ2) is 4.62. The van der Waals surface area contributed by atoms with E-state index >= 15 is 0 Å². The number of benzene rings is 1. The van der Waals surface area contributed by atoms with Gasteiger partial charge < -0.3 is 10.2 Å². The first-order valence-corrected chi connectivity index (χ1v) is 4.30. The number of carbonyl (C=O) groups is 1. The Labute approximate surface area is 83.0 Å². The molecule has 0 amide bonds. The molecule has 3 N–H and O–H groups in total. The molecule has 0 fully saturated rings. The average molecular weight is 194 g/mol. The number of esters is 1. The van der Waals surface area contributed by atoms with Crippen LogP contribution in [0.2, 0.25) is 0 Å². The molecule has 4 nitrogen and oxygen atoms in total. The van der Waals surface area contributed by atoms with Crippen LogP contribution < -0.4 is 11.3 Å². The Morgan fingerprint density at radius 2 is 2.29 bits per heavy atom. The van der Waals surface area contributed by atoms with Crippen LogP contribution in [0, 0.1) is 6.92 Å². The topological polar surface area (TPSA) is 64.3 Å². The maximum Gasteiger partial charge on any atom is 0.310 e. The normalized spacial score (nSPS) is 9.64. The standard InChI is InChI=1S/C10H14N2O2/c1-7-3-4-9(12-11)8(5-7)6-10(13)14-2/h3-5,12H,6,11H2,1-2H3. The maximum atomic E-state index is 11.1. The lowest BCUT2D eigenvalue weighted by molar-refractivity contribution is -0.139. The molecule has 0 atom stereocenters. The molecule has 0 unspecified atom stereocenters. The molecule has 1 rings (SSSR count). The van der Waals surface area contributed by atoms with Crippen molar-refractivity contribution >= 4 is 11.7 Å². The van der Waals surface area contributed by atoms with Crippen LogP contribution >= 0.6 is 0 Å². The van der Waals surface area contributed by atoms with E-state index in [1.165, 1.54) is 7.11 Å². The molecule has 76 valence electrons. The van der Waals surface area contributed by atoms with Gasteiger partial charge in [-0.25, -0.2) is 0 Å². The molecule has 0 bridgehead atoms. The summed E-state index contributed by atoms with van der Waals surface area (Å²) in [6, 6.07) is 5.68. The van der Waals surface area contributed by atoms with E-state index in [2.05, 4.69) is 10.2 Å². The molecule has 4 heteroatoms. The molecule has 14 heavy (non-hydrogen) atoms. The first kappa shape index (κ1) is 10.5. The van der Waals surface area contributed by atoms with Crippen molar-refractivity contribution in [2.75, 3.05) is 12.5 Å². The van der Waals surface area contributed by atoms with Crippen LogP contribution in [0.15, 0.2) is 18.2 Å². The lowest BCUT2D eigenvalue weighted by Gasteiger charge is -2.08. The predicted octanol–water partition coefficient (Wildman–Crippen LogP) is 0.996. The summed E-state index contributed by atoms with van der Waals surface area (Å²) >= 11 is 0. The van der Waals surface area contributed by atoms with Crippen molar-refractivity contribution in [1.82, 2.24) is 0 Å². The average Bonchev–Trinajstić information content (AvgIpc) is 2.18. The van der Waals surface area contributed by atoms with Crippen LogP contribution in [-0.2, 0) is 16.0 Å². The molecule has 0 aromatic heterocycles. The van der Waals surface area contributed by atoms with Crippen LogP contribution in [0.1, 0.15) is 11.1 Å². The summed E-state index contributed by atoms with van der Waals surface area (Å²) in [6.07, 6.45) is 0.234. The summed E-state index contributed by atoms with van der Waals surface area (Å²) in [4.78, 5) is 11.1. The summed E-state index contributed by atoms with van der Waals surface area (Å²) < 4.78 is 4.59. The van der Waals surface area contributed by atoms with Gasteiger partial charge in [-0.3, -0.25) is 10.6 Å². The molecule has 0 saturated heterocycles. The number of anilines is 1. The highest BCUT2D eigenvalue weighted by molar-refractivity contribution is 5.75. The van der Waals surface area contributed by atoms with Gasteiger partial charge in [-0.2, -0.15) is 0 Å². The van der Waals surface area contributed by atoms with E-state index in [9.17, 15) is 4.79 Å². The van der Waals surface area contributed by atoms with Gasteiger partial charge in [-0.15, -0.1) is 0 Å². The number of hydrogen-bond acceptors (Lipinski definition) is 4. The van der Waals surface area contributed by atoms with E-state index in [0.29, 0.717) is 0 Å². The van der Waals surface area contributed by atoms with Crippen molar-refractivity contribution in [3.05, 3.63) is 29.3 Å². The van der Waals surface area contributed by atoms with Crippen molar-refractivity contribution in [1.29, 1.82) is 0 Å². The van der Waals surface area contributed by atoms with Gasteiger partial charge in [0.25, 0.3) is 0 Å². The van der Waals surface area contributed by atoms with E-state index < -0.39 is 0 Å². The third-order valence-electron chi connectivity index (χ3n) is 1.98. The van der Waals surface area contributed by atoms with E-state index in [-0.39, 0.29) is 12.4 Å². The van der Waals surface area contributed by atoms with Crippen LogP contribution in [0.5, 0.6) is 0 Å². The third-order valence-corrected chi connectivity index (χ3v) is 1.98. The maximum absolute atomic E-state index is 11.1. The van der Waals surface area contributed by atoms with E-state index in [1.807, 2.05) is 25.1 Å². The predicted molar refractivity (Wildman–Crippen MR) is 54.7 cm³/mol. The SMILES string of the molecule is COC(=O)Cc1cc(C)ccc1NN. The number of hydrazine groups is 1. The molecule has 1 aromatic carbocycles. The third kappa shape index (κ3) is 2.47. The highest BCUT2D eigenvalue weighted by atomic mass is 16.5. The quantitative estimate of drug-likeness (QED) is 0.428. The van der Waals surface area contributed by atoms with Gasteiger partial charge in [0, 0.05) is 0 Å². The van der Waals surface area contributed by atoms with Gasteiger partial charge in [0.1, 0.15) is 0 Å². The second-order valence-electron chi connectivity index (χ2n) is 3.06. The monoisotopic (exact) mass is 194 g/mol. The minimum absolute atomic E-state index is 0.234. The fourth-order valence-corrected chi connectivity index (χ4v) is 1.24. The van der Waals surface area contributed by atoms with E-state index in [1.54, 1.807) is 0 Å². The van der Waals surface area contributed by atoms with Crippen molar-refractivity contribution in [3.63, 3.8) is 0 Å². The summed E-state index contributed by atoms with van der Waals surface area (Å²) in [5.41, 5.74) is 5.23. The molecule has 0 spiro atoms. The minimum Gasteiger partial charge on any atom is -0.469 e. The Morgan fingerprint density at radius 3 is 2.86 bits per heavy atom. The number of nitrogens with two attached hydrogens (primary N) is 1. The lowest BCUT2D eigenvalue weighted by atomic mass is 10.1. The van der Waals surface area contributed by atoms with Crippen molar-refractivity contribution in [3.8, 4) is 0 Å². The molecule has 0 heterocycles. The Bertz CT molecular complexity index is 337. The van der Waals surface area contributed by atoms with E-state index in [4.69, 9.17) is 5.84 Å².